The predicted octanol–water partition coefficient (Wildman–Crippen LogP) is 3.48. The molecule has 0 atom stereocenters. The van der Waals surface area contributed by atoms with Crippen molar-refractivity contribution in [3.63, 3.8) is 0 Å². The van der Waals surface area contributed by atoms with Gasteiger partial charge in [0, 0.05) is 16.5 Å². The van der Waals surface area contributed by atoms with Crippen molar-refractivity contribution in [3.8, 4) is 0 Å². The monoisotopic (exact) mass is 268 g/mol. The molecule has 2 heterocycles. The number of thiophene rings is 1. The van der Waals surface area contributed by atoms with Crippen LogP contribution in [0.4, 0.5) is 5.69 Å². The maximum absolute atomic E-state index is 12.0. The molecular weight excluding hydrogens is 256 g/mol. The molecule has 4 heteroatoms. The number of anilines is 1. The van der Waals surface area contributed by atoms with Crippen LogP contribution in [0.3, 0.4) is 0 Å². The first kappa shape index (κ1) is 11.9. The van der Waals surface area contributed by atoms with Gasteiger partial charge in [-0.05, 0) is 35.7 Å². The van der Waals surface area contributed by atoms with E-state index in [9.17, 15) is 4.79 Å². The Morgan fingerprint density at radius 3 is 2.95 bits per heavy atom. The maximum Gasteiger partial charge on any atom is 0.229 e. The van der Waals surface area contributed by atoms with Crippen molar-refractivity contribution in [1.82, 2.24) is 4.98 Å². The van der Waals surface area contributed by atoms with Gasteiger partial charge < -0.3 is 5.32 Å². The van der Waals surface area contributed by atoms with Crippen LogP contribution in [0.25, 0.3) is 10.9 Å². The Balaban J connectivity index is 1.83. The summed E-state index contributed by atoms with van der Waals surface area (Å²) in [5, 5.41) is 5.89. The maximum atomic E-state index is 12.0. The normalized spacial score (nSPS) is 10.5. The quantitative estimate of drug-likeness (QED) is 0.790. The first-order valence-corrected chi connectivity index (χ1v) is 6.87. The van der Waals surface area contributed by atoms with Crippen LogP contribution in [0.1, 0.15) is 4.88 Å². The summed E-state index contributed by atoms with van der Waals surface area (Å²) < 4.78 is 0. The lowest BCUT2D eigenvalue weighted by atomic mass is 10.2. The molecule has 2 aromatic heterocycles. The molecule has 3 nitrogen and oxygen atoms in total. The molecule has 19 heavy (non-hydrogen) atoms. The van der Waals surface area contributed by atoms with E-state index in [1.54, 1.807) is 17.5 Å². The Hall–Kier alpha value is -2.20. The summed E-state index contributed by atoms with van der Waals surface area (Å²) in [6.07, 6.45) is 2.16. The van der Waals surface area contributed by atoms with Gasteiger partial charge >= 0.3 is 0 Å². The average molecular weight is 268 g/mol. The van der Waals surface area contributed by atoms with Gasteiger partial charge in [0.25, 0.3) is 0 Å². The van der Waals surface area contributed by atoms with E-state index in [-0.39, 0.29) is 5.91 Å². The molecule has 0 spiro atoms. The van der Waals surface area contributed by atoms with Crippen LogP contribution in [-0.2, 0) is 11.2 Å². The summed E-state index contributed by atoms with van der Waals surface area (Å²) in [5.74, 6) is -0.00111. The molecule has 94 valence electrons. The zero-order valence-electron chi connectivity index (χ0n) is 10.2. The van der Waals surface area contributed by atoms with Crippen LogP contribution >= 0.6 is 11.3 Å². The molecular formula is C15H12N2OS. The molecule has 1 amide bonds. The van der Waals surface area contributed by atoms with Crippen LogP contribution in [0.2, 0.25) is 0 Å². The average Bonchev–Trinajstić information content (AvgIpc) is 2.92. The number of hydrogen-bond donors (Lipinski definition) is 1. The SMILES string of the molecule is O=C(Cc1cccs1)Nc1cccc2ncccc12. The highest BCUT2D eigenvalue weighted by Crippen LogP contribution is 2.21. The number of nitrogens with one attached hydrogen (secondary N) is 1. The molecule has 0 radical (unpaired) electrons. The third-order valence-electron chi connectivity index (χ3n) is 2.83. The lowest BCUT2D eigenvalue weighted by Gasteiger charge is -2.07. The molecule has 1 N–H and O–H groups in total. The number of carbonyl (C=O) groups excluding carboxylic acids is 1. The smallest absolute Gasteiger partial charge is 0.229 e. The van der Waals surface area contributed by atoms with Gasteiger partial charge in [0.05, 0.1) is 17.6 Å². The molecule has 0 aliphatic carbocycles. The largest absolute Gasteiger partial charge is 0.325 e. The fourth-order valence-electron chi connectivity index (χ4n) is 1.98. The second kappa shape index (κ2) is 5.20. The van der Waals surface area contributed by atoms with Crippen LogP contribution in [0.15, 0.2) is 54.0 Å². The summed E-state index contributed by atoms with van der Waals surface area (Å²) >= 11 is 1.59. The van der Waals surface area contributed by atoms with Crippen LogP contribution in [0.5, 0.6) is 0 Å². The van der Waals surface area contributed by atoms with Gasteiger partial charge in [0.15, 0.2) is 0 Å². The van der Waals surface area contributed by atoms with E-state index in [0.717, 1.165) is 21.5 Å². The summed E-state index contributed by atoms with van der Waals surface area (Å²) in [6.45, 7) is 0. The molecule has 0 unspecified atom stereocenters. The minimum atomic E-state index is -0.00111. The molecule has 1 aromatic carbocycles. The summed E-state index contributed by atoms with van der Waals surface area (Å²) in [6, 6.07) is 13.5. The zero-order valence-corrected chi connectivity index (χ0v) is 11.0. The van der Waals surface area contributed by atoms with Gasteiger partial charge in [-0.25, -0.2) is 0 Å². The highest BCUT2D eigenvalue weighted by Gasteiger charge is 2.07. The van der Waals surface area contributed by atoms with Crippen molar-refractivity contribution in [3.05, 3.63) is 58.9 Å². The number of rotatable bonds is 3. The summed E-state index contributed by atoms with van der Waals surface area (Å²) in [7, 11) is 0. The van der Waals surface area contributed by atoms with Crippen molar-refractivity contribution < 1.29 is 4.79 Å². The number of carbonyl (C=O) groups is 1. The van der Waals surface area contributed by atoms with Gasteiger partial charge in [0.2, 0.25) is 5.91 Å². The van der Waals surface area contributed by atoms with Gasteiger partial charge in [0.1, 0.15) is 0 Å². The van der Waals surface area contributed by atoms with E-state index >= 15 is 0 Å². The fraction of sp³-hybridized carbons (Fsp3) is 0.0667. The minimum Gasteiger partial charge on any atom is -0.325 e. The number of benzene rings is 1. The molecule has 3 rings (SSSR count). The molecule has 3 aromatic rings. The fourth-order valence-corrected chi connectivity index (χ4v) is 2.68. The van der Waals surface area contributed by atoms with Gasteiger partial charge in [-0.3, -0.25) is 9.78 Å². The highest BCUT2D eigenvalue weighted by molar-refractivity contribution is 7.10. The van der Waals surface area contributed by atoms with Crippen LogP contribution in [-0.4, -0.2) is 10.9 Å². The van der Waals surface area contributed by atoms with Crippen molar-refractivity contribution in [2.24, 2.45) is 0 Å². The Morgan fingerprint density at radius 2 is 2.11 bits per heavy atom. The number of amides is 1. The summed E-state index contributed by atoms with van der Waals surface area (Å²) in [4.78, 5) is 17.3. The molecule has 0 bridgehead atoms. The Morgan fingerprint density at radius 1 is 1.16 bits per heavy atom. The summed E-state index contributed by atoms with van der Waals surface area (Å²) in [5.41, 5.74) is 1.70. The first-order chi connectivity index (χ1) is 9.33. The van der Waals surface area contributed by atoms with Crippen molar-refractivity contribution in [2.75, 3.05) is 5.32 Å². The molecule has 0 fully saturated rings. The second-order valence-corrected chi connectivity index (χ2v) is 5.21. The standard InChI is InChI=1S/C15H12N2OS/c18-15(10-11-4-3-9-19-11)17-14-7-1-6-13-12(14)5-2-8-16-13/h1-9H,10H2,(H,17,18). The zero-order chi connectivity index (χ0) is 13.1. The Bertz CT molecular complexity index is 702. The van der Waals surface area contributed by atoms with E-state index < -0.39 is 0 Å². The second-order valence-electron chi connectivity index (χ2n) is 4.18. The van der Waals surface area contributed by atoms with Gasteiger partial charge in [-0.15, -0.1) is 11.3 Å². The Labute approximate surface area is 114 Å². The van der Waals surface area contributed by atoms with Crippen molar-refractivity contribution in [1.29, 1.82) is 0 Å². The van der Waals surface area contributed by atoms with Crippen molar-refractivity contribution >= 4 is 33.8 Å². The lowest BCUT2D eigenvalue weighted by molar-refractivity contribution is -0.115. The number of fused-ring (bicyclic) bond motifs is 1. The third-order valence-corrected chi connectivity index (χ3v) is 3.71. The topological polar surface area (TPSA) is 42.0 Å². The molecule has 0 aliphatic heterocycles. The van der Waals surface area contributed by atoms with Gasteiger partial charge in [-0.1, -0.05) is 12.1 Å². The number of aromatic nitrogens is 1. The van der Waals surface area contributed by atoms with E-state index in [0.29, 0.717) is 6.42 Å². The first-order valence-electron chi connectivity index (χ1n) is 5.99. The number of hydrogen-bond acceptors (Lipinski definition) is 3. The van der Waals surface area contributed by atoms with E-state index in [4.69, 9.17) is 0 Å². The molecule has 0 saturated heterocycles. The van der Waals surface area contributed by atoms with E-state index in [1.807, 2.05) is 47.8 Å². The van der Waals surface area contributed by atoms with Gasteiger partial charge in [-0.2, -0.15) is 0 Å². The lowest BCUT2D eigenvalue weighted by Crippen LogP contribution is -2.13. The third kappa shape index (κ3) is 2.63. The van der Waals surface area contributed by atoms with Crippen LogP contribution < -0.4 is 5.32 Å². The predicted molar refractivity (Wildman–Crippen MR) is 78.4 cm³/mol. The number of pyridine rings is 1. The van der Waals surface area contributed by atoms with Crippen molar-refractivity contribution in [2.45, 2.75) is 6.42 Å². The Kier molecular flexibility index (Phi) is 3.25. The minimum absolute atomic E-state index is 0.00111. The molecule has 0 aliphatic rings. The molecule has 0 saturated carbocycles. The highest BCUT2D eigenvalue weighted by atomic mass is 32.1. The number of nitrogens with zero attached hydrogens (tertiary/aromatic N) is 1. The van der Waals surface area contributed by atoms with E-state index in [1.165, 1.54) is 0 Å². The van der Waals surface area contributed by atoms with E-state index in [2.05, 4.69) is 10.3 Å². The van der Waals surface area contributed by atoms with Crippen LogP contribution in [0, 0.1) is 0 Å².